The predicted molar refractivity (Wildman–Crippen MR) is 114 cm³/mol. The van der Waals surface area contributed by atoms with Crippen molar-refractivity contribution in [3.05, 3.63) is 70.3 Å². The molecule has 0 saturated carbocycles. The molecule has 0 aromatic heterocycles. The summed E-state index contributed by atoms with van der Waals surface area (Å²) in [6, 6.07) is 9.69. The van der Waals surface area contributed by atoms with Crippen LogP contribution in [-0.2, 0) is 4.74 Å². The van der Waals surface area contributed by atoms with Gasteiger partial charge in [0.15, 0.2) is 0 Å². The molecule has 1 aliphatic heterocycles. The first-order valence-corrected chi connectivity index (χ1v) is 10.5. The monoisotopic (exact) mass is 404 g/mol. The van der Waals surface area contributed by atoms with Crippen LogP contribution in [0.1, 0.15) is 74.8 Å². The average molecular weight is 405 g/mol. The van der Waals surface area contributed by atoms with Crippen molar-refractivity contribution in [2.45, 2.75) is 78.6 Å². The fourth-order valence-electron chi connectivity index (χ4n) is 4.19. The first kappa shape index (κ1) is 23.5. The molecule has 1 saturated heterocycles. The zero-order valence-electron chi connectivity index (χ0n) is 18.4. The molecule has 2 nitrogen and oxygen atoms in total. The number of benzene rings is 2. The number of aliphatic hydroxyl groups excluding tert-OH is 1. The molecule has 1 fully saturated rings. The van der Waals surface area contributed by atoms with Crippen LogP contribution in [0, 0.1) is 31.4 Å². The van der Waals surface area contributed by atoms with Crippen molar-refractivity contribution in [2.75, 3.05) is 0 Å². The van der Waals surface area contributed by atoms with Gasteiger partial charge in [-0.1, -0.05) is 38.8 Å². The molecular weight excluding hydrogens is 370 g/mol. The van der Waals surface area contributed by atoms with Crippen LogP contribution in [0.5, 0.6) is 0 Å². The van der Waals surface area contributed by atoms with Gasteiger partial charge in [-0.2, -0.15) is 0 Å². The molecule has 1 heterocycles. The van der Waals surface area contributed by atoms with E-state index in [0.29, 0.717) is 12.0 Å². The van der Waals surface area contributed by atoms with E-state index in [0.717, 1.165) is 35.1 Å². The summed E-state index contributed by atoms with van der Waals surface area (Å²) in [5.41, 5.74) is 4.10. The molecule has 1 aliphatic rings. The number of halogens is 2. The van der Waals surface area contributed by atoms with Crippen LogP contribution >= 0.6 is 0 Å². The maximum atomic E-state index is 13.1. The highest BCUT2D eigenvalue weighted by Gasteiger charge is 2.36. The zero-order valence-corrected chi connectivity index (χ0v) is 18.4. The molecule has 0 radical (unpaired) electrons. The van der Waals surface area contributed by atoms with Crippen LogP contribution in [0.15, 0.2) is 36.4 Å². The number of ether oxygens (including phenoxy) is 1. The third-order valence-corrected chi connectivity index (χ3v) is 5.92. The zero-order chi connectivity index (χ0) is 21.7. The van der Waals surface area contributed by atoms with Gasteiger partial charge in [-0.25, -0.2) is 8.78 Å². The van der Waals surface area contributed by atoms with Gasteiger partial charge in [0.2, 0.25) is 0 Å². The summed E-state index contributed by atoms with van der Waals surface area (Å²) >= 11 is 0. The van der Waals surface area contributed by atoms with E-state index in [1.807, 2.05) is 33.8 Å². The van der Waals surface area contributed by atoms with E-state index >= 15 is 0 Å². The first-order valence-electron chi connectivity index (χ1n) is 10.5. The van der Waals surface area contributed by atoms with Gasteiger partial charge in [0, 0.05) is 5.92 Å². The molecule has 0 aliphatic carbocycles. The summed E-state index contributed by atoms with van der Waals surface area (Å²) in [5, 5.41) is 10.00. The van der Waals surface area contributed by atoms with Crippen molar-refractivity contribution < 1.29 is 18.6 Å². The number of hydrogen-bond donors (Lipinski definition) is 1. The number of rotatable bonds is 6. The molecule has 160 valence electrons. The van der Waals surface area contributed by atoms with E-state index in [1.165, 1.54) is 12.1 Å². The number of aliphatic hydroxyl groups is 1. The Morgan fingerprint density at radius 1 is 0.966 bits per heavy atom. The number of epoxide rings is 1. The summed E-state index contributed by atoms with van der Waals surface area (Å²) in [4.78, 5) is 0. The van der Waals surface area contributed by atoms with Crippen molar-refractivity contribution in [1.29, 1.82) is 0 Å². The fourth-order valence-corrected chi connectivity index (χ4v) is 4.19. The Kier molecular flexibility index (Phi) is 8.35. The average Bonchev–Trinajstić information content (AvgIpc) is 3.37. The SMILES string of the molecule is CCC(CC)[C@@H](c1ccc(F)cc1C)[C@@H](C)O.Cc1cc(F)ccc1[C@H]1O[C@@H]1C. The molecule has 4 atom stereocenters. The molecule has 4 heteroatoms. The molecule has 0 spiro atoms. The van der Waals surface area contributed by atoms with Gasteiger partial charge < -0.3 is 9.84 Å². The van der Waals surface area contributed by atoms with Crippen LogP contribution in [-0.4, -0.2) is 17.3 Å². The fraction of sp³-hybridized carbons (Fsp3) is 0.520. The topological polar surface area (TPSA) is 32.8 Å². The maximum Gasteiger partial charge on any atom is 0.123 e. The summed E-state index contributed by atoms with van der Waals surface area (Å²) in [6.45, 7) is 12.0. The van der Waals surface area contributed by atoms with Gasteiger partial charge in [-0.15, -0.1) is 0 Å². The number of hydrogen-bond acceptors (Lipinski definition) is 2. The number of aryl methyl sites for hydroxylation is 2. The predicted octanol–water partition coefficient (Wildman–Crippen LogP) is 6.63. The molecule has 1 N–H and O–H groups in total. The summed E-state index contributed by atoms with van der Waals surface area (Å²) in [5.74, 6) is 0.162. The molecule has 0 unspecified atom stereocenters. The lowest BCUT2D eigenvalue weighted by atomic mass is 9.78. The Labute approximate surface area is 173 Å². The van der Waals surface area contributed by atoms with Crippen LogP contribution in [0.25, 0.3) is 0 Å². The van der Waals surface area contributed by atoms with Crippen molar-refractivity contribution in [3.63, 3.8) is 0 Å². The first-order chi connectivity index (χ1) is 13.7. The van der Waals surface area contributed by atoms with E-state index in [2.05, 4.69) is 13.8 Å². The summed E-state index contributed by atoms with van der Waals surface area (Å²) < 4.78 is 31.1. The second-order valence-corrected chi connectivity index (χ2v) is 8.11. The largest absolute Gasteiger partial charge is 0.393 e. The van der Waals surface area contributed by atoms with Gasteiger partial charge in [0.05, 0.1) is 12.2 Å². The quantitative estimate of drug-likeness (QED) is 0.548. The highest BCUT2D eigenvalue weighted by Crippen LogP contribution is 2.39. The van der Waals surface area contributed by atoms with E-state index in [9.17, 15) is 13.9 Å². The minimum absolute atomic E-state index is 0.102. The van der Waals surface area contributed by atoms with Crippen LogP contribution in [0.4, 0.5) is 8.78 Å². The second kappa shape index (κ2) is 10.3. The summed E-state index contributed by atoms with van der Waals surface area (Å²) in [7, 11) is 0. The summed E-state index contributed by atoms with van der Waals surface area (Å²) in [6.07, 6.45) is 2.16. The van der Waals surface area contributed by atoms with Crippen molar-refractivity contribution in [3.8, 4) is 0 Å². The standard InChI is InChI=1S/C15H23FO.C10H11FO/c1-5-12(6-2)15(11(4)17)14-8-7-13(16)9-10(14)3;1-6-5-8(11)3-4-9(6)10-7(2)12-10/h7-9,11-12,15,17H,5-6H2,1-4H3;3-5,7,10H,1-2H3/t11-,15+;7-,10+/m11/s1. The molecule has 0 amide bonds. The van der Waals surface area contributed by atoms with E-state index in [1.54, 1.807) is 18.2 Å². The molecule has 2 aromatic carbocycles. The Bertz CT molecular complexity index is 799. The third-order valence-electron chi connectivity index (χ3n) is 5.92. The smallest absolute Gasteiger partial charge is 0.123 e. The van der Waals surface area contributed by atoms with Gasteiger partial charge >= 0.3 is 0 Å². The molecule has 2 aromatic rings. The molecule has 3 rings (SSSR count). The Balaban J connectivity index is 0.000000218. The third kappa shape index (κ3) is 6.10. The Morgan fingerprint density at radius 3 is 1.90 bits per heavy atom. The Morgan fingerprint density at radius 2 is 1.48 bits per heavy atom. The Hall–Kier alpha value is -1.78. The van der Waals surface area contributed by atoms with Crippen molar-refractivity contribution in [2.24, 2.45) is 5.92 Å². The van der Waals surface area contributed by atoms with E-state index < -0.39 is 6.10 Å². The molecular formula is C25H34F2O2. The lowest BCUT2D eigenvalue weighted by Gasteiger charge is -2.29. The highest BCUT2D eigenvalue weighted by atomic mass is 19.1. The minimum atomic E-state index is -0.399. The second-order valence-electron chi connectivity index (χ2n) is 8.11. The van der Waals surface area contributed by atoms with Gasteiger partial charge in [-0.3, -0.25) is 0 Å². The lowest BCUT2D eigenvalue weighted by molar-refractivity contribution is 0.127. The van der Waals surface area contributed by atoms with Gasteiger partial charge in [-0.05, 0) is 80.1 Å². The van der Waals surface area contributed by atoms with Crippen molar-refractivity contribution in [1.82, 2.24) is 0 Å². The van der Waals surface area contributed by atoms with Crippen LogP contribution in [0.2, 0.25) is 0 Å². The van der Waals surface area contributed by atoms with Crippen LogP contribution < -0.4 is 0 Å². The minimum Gasteiger partial charge on any atom is -0.393 e. The van der Waals surface area contributed by atoms with Crippen LogP contribution in [0.3, 0.4) is 0 Å². The van der Waals surface area contributed by atoms with E-state index in [-0.39, 0.29) is 23.7 Å². The van der Waals surface area contributed by atoms with E-state index in [4.69, 9.17) is 4.74 Å². The van der Waals surface area contributed by atoms with Gasteiger partial charge in [0.25, 0.3) is 0 Å². The molecule has 29 heavy (non-hydrogen) atoms. The lowest BCUT2D eigenvalue weighted by Crippen LogP contribution is -2.23. The molecule has 0 bridgehead atoms. The normalized spacial score (nSPS) is 20.1. The maximum absolute atomic E-state index is 13.1. The van der Waals surface area contributed by atoms with Crippen molar-refractivity contribution >= 4 is 0 Å². The van der Waals surface area contributed by atoms with Gasteiger partial charge in [0.1, 0.15) is 17.7 Å². The highest BCUT2D eigenvalue weighted by molar-refractivity contribution is 5.32.